The highest BCUT2D eigenvalue weighted by Gasteiger charge is 2.35. The van der Waals surface area contributed by atoms with E-state index in [0.717, 1.165) is 10.9 Å². The Hall–Kier alpha value is -1.07. The van der Waals surface area contributed by atoms with E-state index in [9.17, 15) is 9.59 Å². The lowest BCUT2D eigenvalue weighted by molar-refractivity contribution is -0.145. The molecule has 4 nitrogen and oxygen atoms in total. The molecule has 1 aromatic rings. The molecule has 2 rings (SSSR count). The molecule has 1 heterocycles. The highest BCUT2D eigenvalue weighted by Crippen LogP contribution is 2.25. The number of carbonyl (C=O) groups excluding carboxylic acids is 2. The topological polar surface area (TPSA) is 46.6 Å². The molecule has 102 valence electrons. The van der Waals surface area contributed by atoms with Crippen LogP contribution in [0.1, 0.15) is 23.2 Å². The lowest BCUT2D eigenvalue weighted by atomic mass is 10.1. The van der Waals surface area contributed by atoms with Gasteiger partial charge in [-0.3, -0.25) is 4.79 Å². The van der Waals surface area contributed by atoms with Crippen LogP contribution < -0.4 is 0 Å². The molecule has 1 saturated heterocycles. The van der Waals surface area contributed by atoms with E-state index in [1.165, 1.54) is 7.11 Å². The van der Waals surface area contributed by atoms with Crippen LogP contribution >= 0.6 is 27.5 Å². The number of methoxy groups -OCH3 is 1. The van der Waals surface area contributed by atoms with Gasteiger partial charge in [-0.05, 0) is 31.0 Å². The number of likely N-dealkylation sites (tertiary alicyclic amines) is 1. The zero-order chi connectivity index (χ0) is 14.0. The van der Waals surface area contributed by atoms with E-state index in [1.54, 1.807) is 23.1 Å². The Labute approximate surface area is 124 Å². The molecule has 1 amide bonds. The number of rotatable bonds is 2. The molecule has 0 aliphatic carbocycles. The Kier molecular flexibility index (Phi) is 4.47. The van der Waals surface area contributed by atoms with Crippen LogP contribution in [0.15, 0.2) is 22.7 Å². The number of benzene rings is 1. The van der Waals surface area contributed by atoms with Crippen molar-refractivity contribution in [2.24, 2.45) is 0 Å². The number of hydrogen-bond acceptors (Lipinski definition) is 3. The minimum absolute atomic E-state index is 0.198. The second-order valence-corrected chi connectivity index (χ2v) is 5.69. The van der Waals surface area contributed by atoms with Crippen LogP contribution in [0.3, 0.4) is 0 Å². The summed E-state index contributed by atoms with van der Waals surface area (Å²) in [5, 5.41) is 0.478. The molecular formula is C13H13BrClNO3. The molecule has 1 aromatic carbocycles. The van der Waals surface area contributed by atoms with E-state index in [4.69, 9.17) is 16.3 Å². The fourth-order valence-electron chi connectivity index (χ4n) is 2.23. The van der Waals surface area contributed by atoms with Gasteiger partial charge >= 0.3 is 5.97 Å². The summed E-state index contributed by atoms with van der Waals surface area (Å²) in [6, 6.07) is 4.51. The molecule has 6 heteroatoms. The second kappa shape index (κ2) is 5.92. The Balaban J connectivity index is 2.25. The van der Waals surface area contributed by atoms with E-state index in [-0.39, 0.29) is 11.9 Å². The molecule has 1 atom stereocenters. The summed E-state index contributed by atoms with van der Waals surface area (Å²) >= 11 is 9.24. The van der Waals surface area contributed by atoms with Crippen LogP contribution in [0.2, 0.25) is 5.02 Å². The normalized spacial score (nSPS) is 18.5. The smallest absolute Gasteiger partial charge is 0.328 e. The van der Waals surface area contributed by atoms with Gasteiger partial charge < -0.3 is 9.64 Å². The van der Waals surface area contributed by atoms with Gasteiger partial charge in [-0.2, -0.15) is 0 Å². The van der Waals surface area contributed by atoms with Gasteiger partial charge in [0.05, 0.1) is 7.11 Å². The maximum Gasteiger partial charge on any atom is 0.328 e. The maximum absolute atomic E-state index is 12.4. The Morgan fingerprint density at radius 3 is 2.79 bits per heavy atom. The Bertz CT molecular complexity index is 500. The van der Waals surface area contributed by atoms with Crippen molar-refractivity contribution in [2.75, 3.05) is 13.7 Å². The molecule has 0 N–H and O–H groups in total. The van der Waals surface area contributed by atoms with Crippen molar-refractivity contribution in [3.63, 3.8) is 0 Å². The first-order chi connectivity index (χ1) is 9.02. The lowest BCUT2D eigenvalue weighted by Crippen LogP contribution is -2.41. The molecule has 0 aromatic heterocycles. The van der Waals surface area contributed by atoms with Gasteiger partial charge in [0.1, 0.15) is 6.04 Å². The second-order valence-electron chi connectivity index (χ2n) is 4.34. The third-order valence-corrected chi connectivity index (χ3v) is 3.77. The minimum Gasteiger partial charge on any atom is -0.467 e. The standard InChI is InChI=1S/C13H13BrClNO3/c1-19-13(18)11-3-2-4-16(11)12(17)8-5-9(14)7-10(15)6-8/h5-7,11H,2-4H2,1H3. The highest BCUT2D eigenvalue weighted by molar-refractivity contribution is 9.10. The molecule has 0 radical (unpaired) electrons. The van der Waals surface area contributed by atoms with E-state index >= 15 is 0 Å². The summed E-state index contributed by atoms with van der Waals surface area (Å²) in [5.74, 6) is -0.567. The van der Waals surface area contributed by atoms with E-state index in [1.807, 2.05) is 0 Å². The minimum atomic E-state index is -0.491. The average Bonchev–Trinajstić information content (AvgIpc) is 2.84. The van der Waals surface area contributed by atoms with Crippen molar-refractivity contribution >= 4 is 39.4 Å². The van der Waals surface area contributed by atoms with Crippen molar-refractivity contribution in [3.05, 3.63) is 33.3 Å². The predicted molar refractivity (Wildman–Crippen MR) is 75.2 cm³/mol. The summed E-state index contributed by atoms with van der Waals surface area (Å²) in [6.45, 7) is 0.558. The predicted octanol–water partition coefficient (Wildman–Crippen LogP) is 2.88. The zero-order valence-corrected chi connectivity index (χ0v) is 12.7. The van der Waals surface area contributed by atoms with Crippen LogP contribution in [-0.4, -0.2) is 36.5 Å². The SMILES string of the molecule is COC(=O)C1CCCN1C(=O)c1cc(Cl)cc(Br)c1. The van der Waals surface area contributed by atoms with Crippen LogP contribution in [-0.2, 0) is 9.53 Å². The number of hydrogen-bond donors (Lipinski definition) is 0. The number of amides is 1. The van der Waals surface area contributed by atoms with Crippen LogP contribution in [0, 0.1) is 0 Å². The number of nitrogens with zero attached hydrogens (tertiary/aromatic N) is 1. The van der Waals surface area contributed by atoms with Gasteiger partial charge in [0.15, 0.2) is 0 Å². The van der Waals surface area contributed by atoms with E-state index in [0.29, 0.717) is 23.6 Å². The largest absolute Gasteiger partial charge is 0.467 e. The van der Waals surface area contributed by atoms with Crippen molar-refractivity contribution in [3.8, 4) is 0 Å². The summed E-state index contributed by atoms with van der Waals surface area (Å²) in [5.41, 5.74) is 0.468. The van der Waals surface area contributed by atoms with Gasteiger partial charge in [-0.25, -0.2) is 4.79 Å². The third kappa shape index (κ3) is 3.09. The van der Waals surface area contributed by atoms with Crippen molar-refractivity contribution < 1.29 is 14.3 Å². The molecule has 1 aliphatic rings. The van der Waals surface area contributed by atoms with Gasteiger partial charge in [-0.15, -0.1) is 0 Å². The van der Waals surface area contributed by atoms with Crippen LogP contribution in [0.4, 0.5) is 0 Å². The molecule has 0 spiro atoms. The van der Waals surface area contributed by atoms with E-state index in [2.05, 4.69) is 15.9 Å². The maximum atomic E-state index is 12.4. The number of halogens is 2. The third-order valence-electron chi connectivity index (χ3n) is 3.10. The van der Waals surface area contributed by atoms with Crippen molar-refractivity contribution in [1.82, 2.24) is 4.90 Å². The summed E-state index contributed by atoms with van der Waals surface area (Å²) in [7, 11) is 1.33. The fourth-order valence-corrected chi connectivity index (χ4v) is 3.09. The molecule has 0 saturated carbocycles. The summed E-state index contributed by atoms with van der Waals surface area (Å²) in [4.78, 5) is 25.6. The van der Waals surface area contributed by atoms with Crippen molar-refractivity contribution in [2.45, 2.75) is 18.9 Å². The first-order valence-corrected chi connectivity index (χ1v) is 7.05. The fraction of sp³-hybridized carbons (Fsp3) is 0.385. The van der Waals surface area contributed by atoms with Crippen LogP contribution in [0.5, 0.6) is 0 Å². The van der Waals surface area contributed by atoms with Gasteiger partial charge in [-0.1, -0.05) is 27.5 Å². The number of ether oxygens (including phenoxy) is 1. The molecule has 19 heavy (non-hydrogen) atoms. The average molecular weight is 347 g/mol. The lowest BCUT2D eigenvalue weighted by Gasteiger charge is -2.22. The zero-order valence-electron chi connectivity index (χ0n) is 10.4. The molecule has 0 bridgehead atoms. The molecule has 1 fully saturated rings. The molecule has 1 unspecified atom stereocenters. The first kappa shape index (κ1) is 14.3. The number of carbonyl (C=O) groups is 2. The highest BCUT2D eigenvalue weighted by atomic mass is 79.9. The Morgan fingerprint density at radius 1 is 1.42 bits per heavy atom. The van der Waals surface area contributed by atoms with Crippen molar-refractivity contribution in [1.29, 1.82) is 0 Å². The summed E-state index contributed by atoms with van der Waals surface area (Å²) in [6.07, 6.45) is 1.44. The number of esters is 1. The Morgan fingerprint density at radius 2 is 2.16 bits per heavy atom. The van der Waals surface area contributed by atoms with Crippen LogP contribution in [0.25, 0.3) is 0 Å². The molecule has 1 aliphatic heterocycles. The monoisotopic (exact) mass is 345 g/mol. The summed E-state index contributed by atoms with van der Waals surface area (Å²) < 4.78 is 5.46. The van der Waals surface area contributed by atoms with Gasteiger partial charge in [0.2, 0.25) is 0 Å². The first-order valence-electron chi connectivity index (χ1n) is 5.88. The van der Waals surface area contributed by atoms with Gasteiger partial charge in [0.25, 0.3) is 5.91 Å². The molecular weight excluding hydrogens is 334 g/mol. The van der Waals surface area contributed by atoms with Gasteiger partial charge in [0, 0.05) is 21.6 Å². The quantitative estimate of drug-likeness (QED) is 0.774. The van der Waals surface area contributed by atoms with E-state index < -0.39 is 6.04 Å².